The molecule has 0 aromatic heterocycles. The molecule has 0 N–H and O–H groups in total. The molecule has 20 heavy (non-hydrogen) atoms. The fourth-order valence-corrected chi connectivity index (χ4v) is 1.35. The zero-order valence-corrected chi connectivity index (χ0v) is 14.2. The van der Waals surface area contributed by atoms with Gasteiger partial charge in [0.15, 0.2) is 0 Å². The summed E-state index contributed by atoms with van der Waals surface area (Å²) in [4.78, 5) is 0. The Balaban J connectivity index is 0. The van der Waals surface area contributed by atoms with E-state index < -0.39 is 0 Å². The Kier molecular flexibility index (Phi) is 16.1. The van der Waals surface area contributed by atoms with Gasteiger partial charge in [-0.2, -0.15) is 0 Å². The normalized spacial score (nSPS) is 13.6. The average Bonchev–Trinajstić information content (AvgIpc) is 2.46. The Labute approximate surface area is 127 Å². The van der Waals surface area contributed by atoms with Gasteiger partial charge in [0.25, 0.3) is 0 Å². The largest absolute Gasteiger partial charge is 0.0991 e. The summed E-state index contributed by atoms with van der Waals surface area (Å²) >= 11 is 0. The third kappa shape index (κ3) is 14.5. The molecule has 0 bridgehead atoms. The van der Waals surface area contributed by atoms with Crippen LogP contribution in [0.1, 0.15) is 54.4 Å². The van der Waals surface area contributed by atoms with Crippen LogP contribution in [0.3, 0.4) is 0 Å². The molecule has 0 aliphatic heterocycles. The van der Waals surface area contributed by atoms with E-state index >= 15 is 0 Å². The molecule has 0 aliphatic rings. The second-order valence-corrected chi connectivity index (χ2v) is 4.61. The van der Waals surface area contributed by atoms with Crippen molar-refractivity contribution in [2.24, 2.45) is 0 Å². The maximum Gasteiger partial charge on any atom is -0.0132 e. The molecule has 0 unspecified atom stereocenters. The maximum absolute atomic E-state index is 3.68. The molecule has 0 spiro atoms. The van der Waals surface area contributed by atoms with Crippen LogP contribution in [0.25, 0.3) is 0 Å². The van der Waals surface area contributed by atoms with Crippen LogP contribution in [0, 0.1) is 0 Å². The Bertz CT molecular complexity index is 380. The van der Waals surface area contributed by atoms with Crippen LogP contribution in [0.5, 0.6) is 0 Å². The fraction of sp³-hybridized carbons (Fsp3) is 0.400. The summed E-state index contributed by atoms with van der Waals surface area (Å²) in [6.45, 7) is 16.2. The molecule has 0 radical (unpaired) electrons. The van der Waals surface area contributed by atoms with Crippen molar-refractivity contribution >= 4 is 0 Å². The van der Waals surface area contributed by atoms with Gasteiger partial charge >= 0.3 is 0 Å². The van der Waals surface area contributed by atoms with Crippen molar-refractivity contribution in [1.29, 1.82) is 0 Å². The molecule has 0 fully saturated rings. The number of allylic oxidation sites excluding steroid dienone is 11. The first kappa shape index (κ1) is 20.8. The van der Waals surface area contributed by atoms with Gasteiger partial charge in [-0.25, -0.2) is 0 Å². The molecule has 0 heteroatoms. The lowest BCUT2D eigenvalue weighted by Gasteiger charge is -2.01. The Morgan fingerprint density at radius 1 is 1.00 bits per heavy atom. The molecule has 0 aromatic rings. The first-order chi connectivity index (χ1) is 9.55. The SMILES string of the molecule is C=C/C=C(C)\C=C/C/C(=C/C(C)=C\C)CC.CC=CC. The average molecular weight is 272 g/mol. The van der Waals surface area contributed by atoms with Crippen molar-refractivity contribution in [3.63, 3.8) is 0 Å². The molecule has 0 rings (SSSR count). The van der Waals surface area contributed by atoms with Gasteiger partial charge < -0.3 is 0 Å². The molecule has 0 saturated carbocycles. The molecule has 0 heterocycles. The summed E-state index contributed by atoms with van der Waals surface area (Å²) in [6, 6.07) is 0. The molecular weight excluding hydrogens is 240 g/mol. The van der Waals surface area contributed by atoms with Gasteiger partial charge in [-0.3, -0.25) is 0 Å². The Hall–Kier alpha value is -1.56. The van der Waals surface area contributed by atoms with Crippen LogP contribution in [0.15, 0.2) is 71.9 Å². The predicted octanol–water partition coefficient (Wildman–Crippen LogP) is 6.95. The Morgan fingerprint density at radius 2 is 1.60 bits per heavy atom. The zero-order valence-electron chi connectivity index (χ0n) is 14.2. The highest BCUT2D eigenvalue weighted by Crippen LogP contribution is 2.12. The highest BCUT2D eigenvalue weighted by Gasteiger charge is 1.91. The van der Waals surface area contributed by atoms with E-state index in [1.165, 1.54) is 16.7 Å². The highest BCUT2D eigenvalue weighted by atomic mass is 14.0. The molecule has 112 valence electrons. The van der Waals surface area contributed by atoms with Crippen LogP contribution < -0.4 is 0 Å². The van der Waals surface area contributed by atoms with Crippen LogP contribution in [-0.2, 0) is 0 Å². The van der Waals surface area contributed by atoms with E-state index in [-0.39, 0.29) is 0 Å². The lowest BCUT2D eigenvalue weighted by atomic mass is 10.1. The van der Waals surface area contributed by atoms with Gasteiger partial charge in [0.05, 0.1) is 0 Å². The highest BCUT2D eigenvalue weighted by molar-refractivity contribution is 5.25. The van der Waals surface area contributed by atoms with Crippen molar-refractivity contribution < 1.29 is 0 Å². The second kappa shape index (κ2) is 15.5. The van der Waals surface area contributed by atoms with E-state index in [9.17, 15) is 0 Å². The van der Waals surface area contributed by atoms with Gasteiger partial charge in [0, 0.05) is 0 Å². The molecule has 0 nitrogen and oxygen atoms in total. The standard InChI is InChI=1S/C16H24.C4H8/c1-6-10-15(5)11-9-12-16(8-3)13-14(4)7-2;1-3-4-2/h6-7,9-11,13H,1,8,12H2,2-5H3;3-4H,1-2H3/b11-9-,14-7-,15-10-,16-13+;. The number of rotatable bonds is 6. The summed E-state index contributed by atoms with van der Waals surface area (Å²) in [5.74, 6) is 0. The zero-order chi connectivity index (χ0) is 15.8. The fourth-order valence-electron chi connectivity index (χ4n) is 1.35. The summed E-state index contributed by atoms with van der Waals surface area (Å²) in [6.07, 6.45) is 18.8. The maximum atomic E-state index is 3.68. The van der Waals surface area contributed by atoms with Crippen molar-refractivity contribution in [1.82, 2.24) is 0 Å². The minimum Gasteiger partial charge on any atom is -0.0991 e. The van der Waals surface area contributed by atoms with E-state index in [4.69, 9.17) is 0 Å². The van der Waals surface area contributed by atoms with Crippen molar-refractivity contribution in [2.45, 2.75) is 54.4 Å². The number of hydrogen-bond donors (Lipinski definition) is 0. The third-order valence-corrected chi connectivity index (χ3v) is 2.82. The minimum absolute atomic E-state index is 1.03. The van der Waals surface area contributed by atoms with Crippen molar-refractivity contribution in [2.75, 3.05) is 0 Å². The lowest BCUT2D eigenvalue weighted by molar-refractivity contribution is 1.02. The minimum atomic E-state index is 1.03. The van der Waals surface area contributed by atoms with Gasteiger partial charge in [0.1, 0.15) is 0 Å². The van der Waals surface area contributed by atoms with E-state index in [2.05, 4.69) is 58.6 Å². The van der Waals surface area contributed by atoms with Gasteiger partial charge in [-0.15, -0.1) is 0 Å². The monoisotopic (exact) mass is 272 g/mol. The van der Waals surface area contributed by atoms with E-state index in [0.717, 1.165) is 12.8 Å². The summed E-state index contributed by atoms with van der Waals surface area (Å²) < 4.78 is 0. The molecular formula is C20H32. The van der Waals surface area contributed by atoms with Crippen LogP contribution in [-0.4, -0.2) is 0 Å². The molecule has 0 aromatic carbocycles. The van der Waals surface area contributed by atoms with E-state index in [0.29, 0.717) is 0 Å². The Morgan fingerprint density at radius 3 is 2.00 bits per heavy atom. The number of hydrogen-bond acceptors (Lipinski definition) is 0. The lowest BCUT2D eigenvalue weighted by Crippen LogP contribution is -1.80. The van der Waals surface area contributed by atoms with Crippen molar-refractivity contribution in [3.05, 3.63) is 71.9 Å². The molecule has 0 aliphatic carbocycles. The van der Waals surface area contributed by atoms with Gasteiger partial charge in [-0.1, -0.05) is 78.8 Å². The summed E-state index contributed by atoms with van der Waals surface area (Å²) in [7, 11) is 0. The van der Waals surface area contributed by atoms with Crippen LogP contribution in [0.2, 0.25) is 0 Å². The first-order valence-corrected chi connectivity index (χ1v) is 7.41. The van der Waals surface area contributed by atoms with Gasteiger partial charge in [-0.05, 0) is 47.5 Å². The quantitative estimate of drug-likeness (QED) is 0.362. The van der Waals surface area contributed by atoms with Crippen molar-refractivity contribution in [3.8, 4) is 0 Å². The van der Waals surface area contributed by atoms with Crippen LogP contribution >= 0.6 is 0 Å². The molecule has 0 amide bonds. The third-order valence-electron chi connectivity index (χ3n) is 2.82. The summed E-state index contributed by atoms with van der Waals surface area (Å²) in [5.41, 5.74) is 4.05. The van der Waals surface area contributed by atoms with Crippen LogP contribution in [0.4, 0.5) is 0 Å². The second-order valence-electron chi connectivity index (χ2n) is 4.61. The first-order valence-electron chi connectivity index (χ1n) is 7.41. The van der Waals surface area contributed by atoms with E-state index in [1.54, 1.807) is 0 Å². The van der Waals surface area contributed by atoms with E-state index in [1.807, 2.05) is 38.2 Å². The molecule has 0 saturated heterocycles. The summed E-state index contributed by atoms with van der Waals surface area (Å²) in [5, 5.41) is 0. The topological polar surface area (TPSA) is 0 Å². The van der Waals surface area contributed by atoms with Gasteiger partial charge in [0.2, 0.25) is 0 Å². The smallest absolute Gasteiger partial charge is 0.0132 e. The predicted molar refractivity (Wildman–Crippen MR) is 96.0 cm³/mol. The molecule has 0 atom stereocenters.